The van der Waals surface area contributed by atoms with Crippen LogP contribution in [0.15, 0.2) is 24.3 Å². The number of hydrogen-bond acceptors (Lipinski definition) is 3. The molecule has 0 N–H and O–H groups in total. The van der Waals surface area contributed by atoms with Crippen molar-refractivity contribution in [3.63, 3.8) is 0 Å². The van der Waals surface area contributed by atoms with Crippen LogP contribution in [0.2, 0.25) is 5.02 Å². The summed E-state index contributed by atoms with van der Waals surface area (Å²) in [6.07, 6.45) is 2.35. The number of piperidine rings is 1. The second kappa shape index (κ2) is 6.78. The van der Waals surface area contributed by atoms with Gasteiger partial charge >= 0.3 is 5.97 Å². The van der Waals surface area contributed by atoms with Gasteiger partial charge in [0.15, 0.2) is 0 Å². The molecule has 0 saturated carbocycles. The van der Waals surface area contributed by atoms with E-state index in [-0.39, 0.29) is 23.8 Å². The minimum absolute atomic E-state index is 0.111. The summed E-state index contributed by atoms with van der Waals surface area (Å²) in [7, 11) is 2.08. The van der Waals surface area contributed by atoms with Gasteiger partial charge in [0.25, 0.3) is 0 Å². The molecule has 126 valence electrons. The summed E-state index contributed by atoms with van der Waals surface area (Å²) in [5.41, 5.74) is 1.12. The molecule has 2 bridgehead atoms. The second-order valence-electron chi connectivity index (χ2n) is 6.79. The molecule has 0 aliphatic carbocycles. The lowest BCUT2D eigenvalue weighted by molar-refractivity contribution is -0.158. The van der Waals surface area contributed by atoms with Crippen molar-refractivity contribution in [3.8, 4) is 0 Å². The number of rotatable bonds is 4. The standard InChI is InChI=1S/C18H23ClFNO2/c1-11(10-20)23-18(22)17-15(12-3-5-13(19)6-4-12)9-14-7-8-16(17)21(14)2/h3-6,11,14-17H,7-10H2,1-2H3/t11-,14?,15?,16?,17?/m0/s1/i20-1. The predicted molar refractivity (Wildman–Crippen MR) is 88.4 cm³/mol. The molecule has 23 heavy (non-hydrogen) atoms. The van der Waals surface area contributed by atoms with Gasteiger partial charge in [0.05, 0.1) is 5.92 Å². The zero-order valence-electron chi connectivity index (χ0n) is 13.5. The van der Waals surface area contributed by atoms with E-state index in [0.29, 0.717) is 11.1 Å². The van der Waals surface area contributed by atoms with Crippen LogP contribution >= 0.6 is 11.6 Å². The van der Waals surface area contributed by atoms with Crippen LogP contribution in [0.1, 0.15) is 37.7 Å². The Morgan fingerprint density at radius 1 is 1.39 bits per heavy atom. The fraction of sp³-hybridized carbons (Fsp3) is 0.611. The molecule has 2 aliphatic heterocycles. The maximum atomic E-state index is 12.7. The summed E-state index contributed by atoms with van der Waals surface area (Å²) in [4.78, 5) is 15.0. The average Bonchev–Trinajstić information content (AvgIpc) is 2.78. The van der Waals surface area contributed by atoms with E-state index >= 15 is 0 Å². The van der Waals surface area contributed by atoms with E-state index in [1.165, 1.54) is 0 Å². The molecular weight excluding hydrogens is 316 g/mol. The molecule has 0 spiro atoms. The van der Waals surface area contributed by atoms with Crippen LogP contribution in [0.3, 0.4) is 0 Å². The summed E-state index contributed by atoms with van der Waals surface area (Å²) < 4.78 is 18.1. The van der Waals surface area contributed by atoms with Gasteiger partial charge < -0.3 is 4.74 Å². The van der Waals surface area contributed by atoms with Crippen LogP contribution in [0, 0.1) is 5.92 Å². The van der Waals surface area contributed by atoms with Gasteiger partial charge in [-0.05, 0) is 50.9 Å². The van der Waals surface area contributed by atoms with Crippen molar-refractivity contribution in [1.29, 1.82) is 0 Å². The number of esters is 1. The quantitative estimate of drug-likeness (QED) is 0.782. The molecule has 5 atom stereocenters. The van der Waals surface area contributed by atoms with Crippen LogP contribution in [0.25, 0.3) is 0 Å². The maximum Gasteiger partial charge on any atom is 0.311 e. The van der Waals surface area contributed by atoms with Gasteiger partial charge in [-0.1, -0.05) is 23.7 Å². The first-order valence-corrected chi connectivity index (χ1v) is 8.63. The number of ether oxygens (including phenoxy) is 1. The molecule has 0 amide bonds. The smallest absolute Gasteiger partial charge is 0.311 e. The van der Waals surface area contributed by atoms with Gasteiger partial charge in [-0.2, -0.15) is 0 Å². The van der Waals surface area contributed by atoms with Crippen LogP contribution in [0.4, 0.5) is 4.39 Å². The Bertz CT molecular complexity index is 565. The third-order valence-electron chi connectivity index (χ3n) is 5.37. The van der Waals surface area contributed by atoms with Crippen molar-refractivity contribution in [2.75, 3.05) is 13.7 Å². The molecule has 1 aromatic carbocycles. The molecule has 3 nitrogen and oxygen atoms in total. The predicted octanol–water partition coefficient (Wildman–Crippen LogP) is 3.81. The fourth-order valence-corrected chi connectivity index (χ4v) is 4.28. The van der Waals surface area contributed by atoms with Crippen LogP contribution in [0.5, 0.6) is 0 Å². The van der Waals surface area contributed by atoms with Crippen molar-refractivity contribution >= 4 is 17.6 Å². The summed E-state index contributed by atoms with van der Waals surface area (Å²) in [5.74, 6) is -0.401. The van der Waals surface area contributed by atoms with E-state index in [1.807, 2.05) is 24.3 Å². The Hall–Kier alpha value is -1.13. The Labute approximate surface area is 141 Å². The first-order chi connectivity index (χ1) is 11.0. The van der Waals surface area contributed by atoms with E-state index in [9.17, 15) is 9.18 Å². The third-order valence-corrected chi connectivity index (χ3v) is 5.63. The van der Waals surface area contributed by atoms with E-state index < -0.39 is 12.8 Å². The van der Waals surface area contributed by atoms with Gasteiger partial charge in [0.1, 0.15) is 12.8 Å². The van der Waals surface area contributed by atoms with Gasteiger partial charge in [-0.25, -0.2) is 4.39 Å². The Balaban J connectivity index is 1.89. The van der Waals surface area contributed by atoms with Crippen molar-refractivity contribution in [1.82, 2.24) is 4.90 Å². The molecule has 2 heterocycles. The Morgan fingerprint density at radius 3 is 2.74 bits per heavy atom. The normalized spacial score (nSPS) is 31.8. The minimum Gasteiger partial charge on any atom is -0.460 e. The SMILES string of the molecule is C[C@@H](C[18F])OC(=O)C1C(c2ccc(Cl)cc2)CC2CCC1N2C. The number of carbonyl (C=O) groups is 1. The first-order valence-electron chi connectivity index (χ1n) is 8.25. The fourth-order valence-electron chi connectivity index (χ4n) is 4.15. The average molecular weight is 339 g/mol. The minimum atomic E-state index is -0.683. The lowest BCUT2D eigenvalue weighted by Crippen LogP contribution is -2.49. The van der Waals surface area contributed by atoms with E-state index in [0.717, 1.165) is 24.8 Å². The summed E-state index contributed by atoms with van der Waals surface area (Å²) >= 11 is 5.99. The largest absolute Gasteiger partial charge is 0.460 e. The lowest BCUT2D eigenvalue weighted by Gasteiger charge is -2.42. The second-order valence-corrected chi connectivity index (χ2v) is 7.22. The van der Waals surface area contributed by atoms with Gasteiger partial charge in [0.2, 0.25) is 0 Å². The van der Waals surface area contributed by atoms with Crippen LogP contribution in [-0.4, -0.2) is 42.8 Å². The van der Waals surface area contributed by atoms with Gasteiger partial charge in [0, 0.05) is 23.0 Å². The molecule has 0 aromatic heterocycles. The Morgan fingerprint density at radius 2 is 2.09 bits per heavy atom. The highest BCUT2D eigenvalue weighted by molar-refractivity contribution is 6.30. The third kappa shape index (κ3) is 3.24. The number of benzene rings is 1. The topological polar surface area (TPSA) is 29.5 Å². The molecule has 4 unspecified atom stereocenters. The highest BCUT2D eigenvalue weighted by Gasteiger charge is 2.49. The maximum absolute atomic E-state index is 12.7. The number of alkyl halides is 1. The van der Waals surface area contributed by atoms with Gasteiger partial charge in [-0.15, -0.1) is 0 Å². The van der Waals surface area contributed by atoms with Crippen LogP contribution < -0.4 is 0 Å². The zero-order valence-corrected chi connectivity index (χ0v) is 14.3. The molecule has 3 rings (SSSR count). The van der Waals surface area contributed by atoms with E-state index in [4.69, 9.17) is 16.3 Å². The summed E-state index contributed by atoms with van der Waals surface area (Å²) in [6, 6.07) is 8.40. The van der Waals surface area contributed by atoms with Gasteiger partial charge in [-0.3, -0.25) is 9.69 Å². The molecule has 2 saturated heterocycles. The number of fused-ring (bicyclic) bond motifs is 2. The number of halogens is 2. The van der Waals surface area contributed by atoms with E-state index in [1.54, 1.807) is 6.92 Å². The molecule has 5 heteroatoms. The molecule has 2 aliphatic rings. The summed E-state index contributed by atoms with van der Waals surface area (Å²) in [5, 5.41) is 0.690. The number of carbonyl (C=O) groups excluding carboxylic acids is 1. The van der Waals surface area contributed by atoms with Crippen molar-refractivity contribution in [2.45, 2.75) is 50.3 Å². The molecule has 0 radical (unpaired) electrons. The van der Waals surface area contributed by atoms with Crippen molar-refractivity contribution in [3.05, 3.63) is 34.9 Å². The summed E-state index contributed by atoms with van der Waals surface area (Å²) in [6.45, 7) is 0.951. The monoisotopic (exact) mass is 338 g/mol. The van der Waals surface area contributed by atoms with E-state index in [2.05, 4.69) is 11.9 Å². The number of nitrogens with zero attached hydrogens (tertiary/aromatic N) is 1. The molecule has 2 fully saturated rings. The first kappa shape index (κ1) is 16.7. The molecule has 1 aromatic rings. The highest BCUT2D eigenvalue weighted by atomic mass is 35.5. The lowest BCUT2D eigenvalue weighted by atomic mass is 9.76. The van der Waals surface area contributed by atoms with Crippen molar-refractivity contribution < 1.29 is 13.9 Å². The van der Waals surface area contributed by atoms with Crippen molar-refractivity contribution in [2.24, 2.45) is 5.92 Å². The Kier molecular flexibility index (Phi) is 4.93. The highest BCUT2D eigenvalue weighted by Crippen LogP contribution is 2.46. The van der Waals surface area contributed by atoms with Crippen LogP contribution in [-0.2, 0) is 9.53 Å². The zero-order chi connectivity index (χ0) is 16.6. The molecular formula is C18H23ClFNO2. The number of hydrogen-bond donors (Lipinski definition) is 0.